The van der Waals surface area contributed by atoms with Crippen molar-refractivity contribution in [3.05, 3.63) is 106 Å². The quantitative estimate of drug-likeness (QED) is 0.266. The third-order valence-corrected chi connectivity index (χ3v) is 8.64. The summed E-state index contributed by atoms with van der Waals surface area (Å²) in [5.74, 6) is -0.269. The van der Waals surface area contributed by atoms with Gasteiger partial charge in [-0.05, 0) is 66.6 Å². The van der Waals surface area contributed by atoms with Crippen molar-refractivity contribution in [3.63, 3.8) is 0 Å². The van der Waals surface area contributed by atoms with Crippen LogP contribution < -0.4 is 10.9 Å². The van der Waals surface area contributed by atoms with Gasteiger partial charge in [-0.2, -0.15) is 0 Å². The van der Waals surface area contributed by atoms with Crippen LogP contribution in [-0.4, -0.2) is 15.5 Å². The highest BCUT2D eigenvalue weighted by Crippen LogP contribution is 2.34. The van der Waals surface area contributed by atoms with E-state index in [9.17, 15) is 9.59 Å². The number of carbonyl (C=O) groups excluding carboxylic acids is 1. The molecule has 0 saturated heterocycles. The van der Waals surface area contributed by atoms with Crippen molar-refractivity contribution in [2.45, 2.75) is 42.0 Å². The lowest BCUT2D eigenvalue weighted by Crippen LogP contribution is -2.28. The number of anilines is 1. The Morgan fingerprint density at radius 1 is 0.973 bits per heavy atom. The lowest BCUT2D eigenvalue weighted by atomic mass is 9.89. The van der Waals surface area contributed by atoms with Gasteiger partial charge in [0.2, 0.25) is 5.91 Å². The third-order valence-electron chi connectivity index (χ3n) is 6.67. The smallest absolute Gasteiger partial charge is 0.263 e. The van der Waals surface area contributed by atoms with Crippen LogP contribution in [0.2, 0.25) is 0 Å². The summed E-state index contributed by atoms with van der Waals surface area (Å²) in [6.45, 7) is -0.106. The van der Waals surface area contributed by atoms with Gasteiger partial charge < -0.3 is 5.32 Å². The van der Waals surface area contributed by atoms with E-state index in [1.165, 1.54) is 46.2 Å². The van der Waals surface area contributed by atoms with Gasteiger partial charge in [-0.3, -0.25) is 14.2 Å². The van der Waals surface area contributed by atoms with Crippen LogP contribution in [0.1, 0.15) is 24.0 Å². The molecule has 6 rings (SSSR count). The van der Waals surface area contributed by atoms with Gasteiger partial charge in [-0.1, -0.05) is 60.3 Å². The van der Waals surface area contributed by atoms with Crippen LogP contribution in [0.5, 0.6) is 0 Å². The standard InChI is InChI=1S/C30H25N3O2S2/c34-27(32-25-12-6-7-13-26(25)37-23-10-2-1-3-11-23)17-33-19-31-29-28(30(33)35)24(18-36-29)22-15-14-20-8-4-5-9-21(20)16-22/h1-3,6-7,10-16,18-19H,4-5,8-9,17H2,(H,32,34). The monoisotopic (exact) mass is 523 g/mol. The molecular weight excluding hydrogens is 498 g/mol. The molecular formula is C30H25N3O2S2. The second kappa shape index (κ2) is 10.4. The summed E-state index contributed by atoms with van der Waals surface area (Å²) in [7, 11) is 0. The molecule has 5 nitrogen and oxygen atoms in total. The normalized spacial score (nSPS) is 12.9. The van der Waals surface area contributed by atoms with E-state index in [2.05, 4.69) is 28.5 Å². The highest BCUT2D eigenvalue weighted by molar-refractivity contribution is 7.99. The summed E-state index contributed by atoms with van der Waals surface area (Å²) >= 11 is 3.05. The first-order valence-corrected chi connectivity index (χ1v) is 14.1. The first-order chi connectivity index (χ1) is 18.2. The molecule has 0 unspecified atom stereocenters. The Kier molecular flexibility index (Phi) is 6.64. The Morgan fingerprint density at radius 3 is 2.62 bits per heavy atom. The number of hydrogen-bond donors (Lipinski definition) is 1. The van der Waals surface area contributed by atoms with Crippen LogP contribution in [0.4, 0.5) is 5.69 Å². The van der Waals surface area contributed by atoms with Crippen LogP contribution in [0, 0.1) is 0 Å². The van der Waals surface area contributed by atoms with E-state index in [0.717, 1.165) is 33.8 Å². The minimum Gasteiger partial charge on any atom is -0.323 e. The van der Waals surface area contributed by atoms with Gasteiger partial charge in [0.15, 0.2) is 0 Å². The molecule has 0 fully saturated rings. The van der Waals surface area contributed by atoms with E-state index in [-0.39, 0.29) is 18.0 Å². The highest BCUT2D eigenvalue weighted by Gasteiger charge is 2.17. The van der Waals surface area contributed by atoms with Crippen molar-refractivity contribution in [2.24, 2.45) is 0 Å². The first-order valence-electron chi connectivity index (χ1n) is 12.4. The molecule has 37 heavy (non-hydrogen) atoms. The topological polar surface area (TPSA) is 64.0 Å². The molecule has 1 N–H and O–H groups in total. The predicted octanol–water partition coefficient (Wildman–Crippen LogP) is 6.79. The number of nitrogens with zero attached hydrogens (tertiary/aromatic N) is 2. The molecule has 5 aromatic rings. The molecule has 0 atom stereocenters. The summed E-state index contributed by atoms with van der Waals surface area (Å²) < 4.78 is 1.40. The van der Waals surface area contributed by atoms with Gasteiger partial charge >= 0.3 is 0 Å². The molecule has 0 saturated carbocycles. The highest BCUT2D eigenvalue weighted by atomic mass is 32.2. The van der Waals surface area contributed by atoms with E-state index < -0.39 is 0 Å². The minimum absolute atomic E-state index is 0.106. The van der Waals surface area contributed by atoms with Crippen molar-refractivity contribution in [1.29, 1.82) is 0 Å². The number of rotatable bonds is 6. The number of aryl methyl sites for hydroxylation is 2. The SMILES string of the molecule is O=C(Cn1cnc2scc(-c3ccc4c(c3)CCCC4)c2c1=O)Nc1ccccc1Sc1ccccc1. The van der Waals surface area contributed by atoms with Crippen LogP contribution in [0.15, 0.2) is 99.1 Å². The Hall–Kier alpha value is -3.68. The van der Waals surface area contributed by atoms with Crippen molar-refractivity contribution in [1.82, 2.24) is 9.55 Å². The molecule has 0 aliphatic heterocycles. The lowest BCUT2D eigenvalue weighted by Gasteiger charge is -2.16. The number of thiophene rings is 1. The largest absolute Gasteiger partial charge is 0.323 e. The predicted molar refractivity (Wildman–Crippen MR) is 152 cm³/mol. The number of aromatic nitrogens is 2. The number of carbonyl (C=O) groups is 1. The molecule has 2 heterocycles. The average Bonchev–Trinajstić information content (AvgIpc) is 3.37. The molecule has 7 heteroatoms. The Labute approximate surface area is 223 Å². The van der Waals surface area contributed by atoms with Crippen LogP contribution in [0.25, 0.3) is 21.3 Å². The summed E-state index contributed by atoms with van der Waals surface area (Å²) in [4.78, 5) is 33.8. The molecule has 0 radical (unpaired) electrons. The van der Waals surface area contributed by atoms with Gasteiger partial charge in [0, 0.05) is 20.7 Å². The number of nitrogens with one attached hydrogen (secondary N) is 1. The number of para-hydroxylation sites is 1. The molecule has 0 spiro atoms. The van der Waals surface area contributed by atoms with E-state index in [1.807, 2.05) is 60.0 Å². The molecule has 1 aliphatic carbocycles. The summed E-state index contributed by atoms with van der Waals surface area (Å²) in [6, 6.07) is 24.2. The Balaban J connectivity index is 1.26. The van der Waals surface area contributed by atoms with E-state index in [4.69, 9.17) is 0 Å². The Bertz CT molecular complexity index is 1660. The van der Waals surface area contributed by atoms with Crippen LogP contribution in [-0.2, 0) is 24.2 Å². The van der Waals surface area contributed by atoms with E-state index in [0.29, 0.717) is 15.9 Å². The molecule has 2 aromatic heterocycles. The number of benzene rings is 3. The van der Waals surface area contributed by atoms with Crippen LogP contribution >= 0.6 is 23.1 Å². The van der Waals surface area contributed by atoms with Crippen molar-refractivity contribution < 1.29 is 4.79 Å². The molecule has 1 amide bonds. The van der Waals surface area contributed by atoms with Gasteiger partial charge in [-0.25, -0.2) is 4.98 Å². The summed E-state index contributed by atoms with van der Waals surface area (Å²) in [5.41, 5.74) is 5.24. The number of fused-ring (bicyclic) bond motifs is 2. The second-order valence-electron chi connectivity index (χ2n) is 9.16. The Morgan fingerprint density at radius 2 is 1.76 bits per heavy atom. The maximum Gasteiger partial charge on any atom is 0.263 e. The average molecular weight is 524 g/mol. The van der Waals surface area contributed by atoms with Crippen molar-refractivity contribution >= 4 is 44.9 Å². The van der Waals surface area contributed by atoms with Crippen LogP contribution in [0.3, 0.4) is 0 Å². The van der Waals surface area contributed by atoms with Gasteiger partial charge in [0.05, 0.1) is 17.4 Å². The molecule has 3 aromatic carbocycles. The molecule has 0 bridgehead atoms. The van der Waals surface area contributed by atoms with Crippen molar-refractivity contribution in [3.8, 4) is 11.1 Å². The number of amides is 1. The van der Waals surface area contributed by atoms with Gasteiger partial charge in [0.1, 0.15) is 11.4 Å². The summed E-state index contributed by atoms with van der Waals surface area (Å²) in [6.07, 6.45) is 6.12. The fourth-order valence-corrected chi connectivity index (χ4v) is 6.64. The van der Waals surface area contributed by atoms with E-state index >= 15 is 0 Å². The van der Waals surface area contributed by atoms with Gasteiger partial charge in [-0.15, -0.1) is 11.3 Å². The lowest BCUT2D eigenvalue weighted by molar-refractivity contribution is -0.116. The molecule has 184 valence electrons. The zero-order chi connectivity index (χ0) is 25.2. The minimum atomic E-state index is -0.269. The third kappa shape index (κ3) is 4.97. The second-order valence-corrected chi connectivity index (χ2v) is 11.1. The van der Waals surface area contributed by atoms with E-state index in [1.54, 1.807) is 11.8 Å². The number of hydrogen-bond acceptors (Lipinski definition) is 5. The van der Waals surface area contributed by atoms with Crippen molar-refractivity contribution in [2.75, 3.05) is 5.32 Å². The van der Waals surface area contributed by atoms with Gasteiger partial charge in [0.25, 0.3) is 5.56 Å². The zero-order valence-electron chi connectivity index (χ0n) is 20.1. The molecule has 1 aliphatic rings. The summed E-state index contributed by atoms with van der Waals surface area (Å²) in [5, 5.41) is 5.57. The fourth-order valence-electron chi connectivity index (χ4n) is 4.81. The maximum absolute atomic E-state index is 13.5. The fraction of sp³-hybridized carbons (Fsp3) is 0.167. The first kappa shape index (κ1) is 23.7. The zero-order valence-corrected chi connectivity index (χ0v) is 21.8. The maximum atomic E-state index is 13.5.